The fraction of sp³-hybridized carbons (Fsp3) is 0.429. The van der Waals surface area contributed by atoms with Gasteiger partial charge in [0.15, 0.2) is 0 Å². The third kappa shape index (κ3) is 1.81. The van der Waals surface area contributed by atoms with E-state index in [1.807, 2.05) is 18.2 Å². The van der Waals surface area contributed by atoms with Crippen molar-refractivity contribution in [1.29, 1.82) is 0 Å². The lowest BCUT2D eigenvalue weighted by Gasteiger charge is -2.23. The Morgan fingerprint density at radius 2 is 2.37 bits per heavy atom. The Morgan fingerprint density at radius 1 is 1.42 bits per heavy atom. The third-order valence-corrected chi connectivity index (χ3v) is 4.35. The molecule has 19 heavy (non-hydrogen) atoms. The van der Waals surface area contributed by atoms with Gasteiger partial charge in [0.05, 0.1) is 11.7 Å². The average Bonchev–Trinajstić information content (AvgIpc) is 3.13. The predicted molar refractivity (Wildman–Crippen MR) is 71.9 cm³/mol. The largest absolute Gasteiger partial charge is 0.348 e. The first-order valence-corrected chi connectivity index (χ1v) is 6.76. The van der Waals surface area contributed by atoms with Crippen molar-refractivity contribution in [3.63, 3.8) is 0 Å². The Labute approximate surface area is 111 Å². The molecule has 0 aliphatic carbocycles. The number of hydrogen-bond acceptors (Lipinski definition) is 3. The summed E-state index contributed by atoms with van der Waals surface area (Å²) in [4.78, 5) is 14.7. The van der Waals surface area contributed by atoms with Crippen LogP contribution in [0.2, 0.25) is 0 Å². The molecule has 2 N–H and O–H groups in total. The van der Waals surface area contributed by atoms with E-state index in [1.165, 1.54) is 13.0 Å². The topological polar surface area (TPSA) is 61.0 Å². The molecule has 98 valence electrons. The minimum absolute atomic E-state index is 0.0234. The number of nitrogens with zero attached hydrogens (tertiary/aromatic N) is 2. The number of aromatic nitrogens is 2. The number of carbonyl (C=O) groups excluding carboxylic acids is 1. The van der Waals surface area contributed by atoms with Crippen LogP contribution in [0, 0.1) is 5.92 Å². The number of aromatic amines is 1. The zero-order valence-electron chi connectivity index (χ0n) is 10.6. The zero-order chi connectivity index (χ0) is 12.8. The molecule has 1 aromatic carbocycles. The van der Waals surface area contributed by atoms with Crippen LogP contribution in [0.1, 0.15) is 16.8 Å². The van der Waals surface area contributed by atoms with E-state index in [4.69, 9.17) is 0 Å². The zero-order valence-corrected chi connectivity index (χ0v) is 10.6. The summed E-state index contributed by atoms with van der Waals surface area (Å²) in [6, 6.07) is 5.97. The van der Waals surface area contributed by atoms with Gasteiger partial charge in [-0.1, -0.05) is 6.07 Å². The highest BCUT2D eigenvalue weighted by Crippen LogP contribution is 2.28. The number of fused-ring (bicyclic) bond motifs is 3. The van der Waals surface area contributed by atoms with E-state index in [-0.39, 0.29) is 5.91 Å². The van der Waals surface area contributed by atoms with Gasteiger partial charge < -0.3 is 10.2 Å². The molecule has 5 nitrogen and oxygen atoms in total. The number of piperidine rings is 1. The van der Waals surface area contributed by atoms with E-state index in [2.05, 4.69) is 20.4 Å². The standard InChI is InChI=1S/C14H16N4O/c19-14(16-13-8-18-4-3-11(13)7-18)9-1-2-10-6-15-17-12(10)5-9/h1-2,5-6,11,13H,3-4,7-8H2,(H,15,17)(H,16,19)/t11-,13?/m0/s1. The van der Waals surface area contributed by atoms with Gasteiger partial charge in [-0.25, -0.2) is 0 Å². The summed E-state index contributed by atoms with van der Waals surface area (Å²) in [5.74, 6) is 0.662. The summed E-state index contributed by atoms with van der Waals surface area (Å²) in [5, 5.41) is 11.1. The van der Waals surface area contributed by atoms with Crippen LogP contribution in [0.3, 0.4) is 0 Å². The fourth-order valence-electron chi connectivity index (χ4n) is 3.28. The van der Waals surface area contributed by atoms with Crippen LogP contribution in [0.5, 0.6) is 0 Å². The van der Waals surface area contributed by atoms with E-state index >= 15 is 0 Å². The molecule has 4 rings (SSSR count). The average molecular weight is 256 g/mol. The van der Waals surface area contributed by atoms with E-state index in [0.29, 0.717) is 17.5 Å². The first-order valence-electron chi connectivity index (χ1n) is 6.76. The van der Waals surface area contributed by atoms with Crippen molar-refractivity contribution in [2.45, 2.75) is 12.5 Å². The van der Waals surface area contributed by atoms with Gasteiger partial charge in [-0.05, 0) is 31.0 Å². The van der Waals surface area contributed by atoms with E-state index in [1.54, 1.807) is 6.20 Å². The fourth-order valence-corrected chi connectivity index (χ4v) is 3.28. The Hall–Kier alpha value is -1.88. The minimum Gasteiger partial charge on any atom is -0.348 e. The van der Waals surface area contributed by atoms with Gasteiger partial charge in [-0.2, -0.15) is 5.10 Å². The smallest absolute Gasteiger partial charge is 0.251 e. The van der Waals surface area contributed by atoms with Gasteiger partial charge in [-0.3, -0.25) is 9.89 Å². The highest BCUT2D eigenvalue weighted by molar-refractivity contribution is 5.97. The number of carbonyl (C=O) groups is 1. The van der Waals surface area contributed by atoms with E-state index < -0.39 is 0 Å². The maximum absolute atomic E-state index is 12.3. The predicted octanol–water partition coefficient (Wildman–Crippen LogP) is 0.997. The van der Waals surface area contributed by atoms with Gasteiger partial charge in [-0.15, -0.1) is 0 Å². The van der Waals surface area contributed by atoms with Gasteiger partial charge >= 0.3 is 0 Å². The number of benzene rings is 1. The van der Waals surface area contributed by atoms with Gasteiger partial charge in [0.1, 0.15) is 0 Å². The summed E-state index contributed by atoms with van der Waals surface area (Å²) < 4.78 is 0. The summed E-state index contributed by atoms with van der Waals surface area (Å²) in [5.41, 5.74) is 1.61. The number of H-pyrrole nitrogens is 1. The molecular weight excluding hydrogens is 240 g/mol. The number of amides is 1. The Morgan fingerprint density at radius 3 is 3.16 bits per heavy atom. The maximum Gasteiger partial charge on any atom is 0.251 e. The van der Waals surface area contributed by atoms with Crippen molar-refractivity contribution in [3.8, 4) is 0 Å². The lowest BCUT2D eigenvalue weighted by molar-refractivity contribution is 0.0924. The molecule has 1 aromatic heterocycles. The van der Waals surface area contributed by atoms with Gasteiger partial charge in [0.2, 0.25) is 0 Å². The molecule has 2 bridgehead atoms. The molecule has 1 amide bonds. The second kappa shape index (κ2) is 4.06. The molecule has 3 atom stereocenters. The second-order valence-corrected chi connectivity index (χ2v) is 5.56. The molecule has 2 aliphatic heterocycles. The lowest BCUT2D eigenvalue weighted by Crippen LogP contribution is -2.43. The minimum atomic E-state index is 0.0234. The lowest BCUT2D eigenvalue weighted by atomic mass is 9.99. The van der Waals surface area contributed by atoms with Crippen LogP contribution in [-0.4, -0.2) is 46.7 Å². The van der Waals surface area contributed by atoms with Crippen LogP contribution in [0.4, 0.5) is 0 Å². The van der Waals surface area contributed by atoms with Crippen molar-refractivity contribution in [2.24, 2.45) is 5.92 Å². The molecule has 2 aliphatic rings. The maximum atomic E-state index is 12.3. The highest BCUT2D eigenvalue weighted by atomic mass is 16.1. The Bertz CT molecular complexity index is 635. The molecular formula is C14H16N4O. The molecule has 2 saturated heterocycles. The second-order valence-electron chi connectivity index (χ2n) is 5.56. The van der Waals surface area contributed by atoms with Crippen molar-refractivity contribution in [3.05, 3.63) is 30.0 Å². The quantitative estimate of drug-likeness (QED) is 0.842. The molecule has 0 spiro atoms. The number of rotatable bonds is 2. The van der Waals surface area contributed by atoms with Crippen LogP contribution >= 0.6 is 0 Å². The van der Waals surface area contributed by atoms with Crippen molar-refractivity contribution in [1.82, 2.24) is 20.4 Å². The van der Waals surface area contributed by atoms with Crippen LogP contribution in [0.15, 0.2) is 24.4 Å². The van der Waals surface area contributed by atoms with Crippen LogP contribution in [-0.2, 0) is 0 Å². The molecule has 2 aromatic rings. The number of nitrogens with one attached hydrogen (secondary N) is 2. The van der Waals surface area contributed by atoms with Crippen molar-refractivity contribution >= 4 is 16.8 Å². The Balaban J connectivity index is 1.53. The van der Waals surface area contributed by atoms with Gasteiger partial charge in [0, 0.05) is 30.1 Å². The first-order chi connectivity index (χ1) is 9.29. The van der Waals surface area contributed by atoms with E-state index in [0.717, 1.165) is 24.0 Å². The van der Waals surface area contributed by atoms with Crippen molar-refractivity contribution in [2.75, 3.05) is 19.6 Å². The SMILES string of the molecule is O=C(NC1CN2CC[C@H]1C2)c1ccc2cn[nH]c2c1. The first kappa shape index (κ1) is 11.0. The monoisotopic (exact) mass is 256 g/mol. The summed E-state index contributed by atoms with van der Waals surface area (Å²) >= 11 is 0. The van der Waals surface area contributed by atoms with Crippen molar-refractivity contribution < 1.29 is 4.79 Å². The molecule has 5 heteroatoms. The summed E-state index contributed by atoms with van der Waals surface area (Å²) in [6.07, 6.45) is 2.98. The molecule has 0 saturated carbocycles. The molecule has 3 heterocycles. The highest BCUT2D eigenvalue weighted by Gasteiger charge is 2.38. The Kier molecular flexibility index (Phi) is 2.35. The number of hydrogen-bond donors (Lipinski definition) is 2. The molecule has 2 unspecified atom stereocenters. The van der Waals surface area contributed by atoms with Crippen LogP contribution in [0.25, 0.3) is 10.9 Å². The van der Waals surface area contributed by atoms with Gasteiger partial charge in [0.25, 0.3) is 5.91 Å². The summed E-state index contributed by atoms with van der Waals surface area (Å²) in [7, 11) is 0. The molecule has 2 fully saturated rings. The molecule has 0 radical (unpaired) electrons. The van der Waals surface area contributed by atoms with E-state index in [9.17, 15) is 4.79 Å². The normalized spacial score (nSPS) is 28.9. The van der Waals surface area contributed by atoms with Crippen LogP contribution < -0.4 is 5.32 Å². The third-order valence-electron chi connectivity index (χ3n) is 4.35. The summed E-state index contributed by atoms with van der Waals surface area (Å²) in [6.45, 7) is 3.34.